The van der Waals surface area contributed by atoms with Gasteiger partial charge in [0.05, 0.1) is 23.9 Å². The highest BCUT2D eigenvalue weighted by molar-refractivity contribution is 7.09. The van der Waals surface area contributed by atoms with Gasteiger partial charge >= 0.3 is 0 Å². The highest BCUT2D eigenvalue weighted by Crippen LogP contribution is 2.30. The van der Waals surface area contributed by atoms with Crippen molar-refractivity contribution in [3.05, 3.63) is 16.1 Å². The van der Waals surface area contributed by atoms with Gasteiger partial charge in [0, 0.05) is 37.0 Å². The number of nitrogens with zero attached hydrogens (tertiary/aromatic N) is 2. The lowest BCUT2D eigenvalue weighted by Gasteiger charge is -2.38. The number of thiazole rings is 1. The average molecular weight is 281 g/mol. The molecule has 5 heteroatoms. The summed E-state index contributed by atoms with van der Waals surface area (Å²) in [5, 5.41) is 6.89. The van der Waals surface area contributed by atoms with Gasteiger partial charge in [0.1, 0.15) is 0 Å². The van der Waals surface area contributed by atoms with Crippen LogP contribution in [0, 0.1) is 12.3 Å². The molecule has 19 heavy (non-hydrogen) atoms. The summed E-state index contributed by atoms with van der Waals surface area (Å²) < 4.78 is 5.86. The maximum Gasteiger partial charge on any atom is 0.0897 e. The molecule has 1 N–H and O–H groups in total. The zero-order valence-electron chi connectivity index (χ0n) is 11.7. The highest BCUT2D eigenvalue weighted by Gasteiger charge is 2.36. The van der Waals surface area contributed by atoms with Crippen LogP contribution in [-0.2, 0) is 11.3 Å². The summed E-state index contributed by atoms with van der Waals surface area (Å²) in [7, 11) is 0. The van der Waals surface area contributed by atoms with Crippen molar-refractivity contribution < 1.29 is 4.74 Å². The summed E-state index contributed by atoms with van der Waals surface area (Å²) in [5.74, 6) is 0. The van der Waals surface area contributed by atoms with Crippen LogP contribution >= 0.6 is 11.3 Å². The standard InChI is InChI=1S/C14H23N3OS/c1-12-16-13(8-19-12)7-17-5-6-18-11-14(10-17)3-2-4-15-9-14/h8,15H,2-7,9-11H2,1H3. The summed E-state index contributed by atoms with van der Waals surface area (Å²) in [6.07, 6.45) is 2.56. The second kappa shape index (κ2) is 5.87. The number of aromatic nitrogens is 1. The fraction of sp³-hybridized carbons (Fsp3) is 0.786. The number of hydrogen-bond acceptors (Lipinski definition) is 5. The molecule has 1 atom stereocenters. The van der Waals surface area contributed by atoms with E-state index in [2.05, 4.69) is 27.5 Å². The van der Waals surface area contributed by atoms with Crippen molar-refractivity contribution in [3.8, 4) is 0 Å². The molecule has 1 spiro atoms. The van der Waals surface area contributed by atoms with Crippen LogP contribution in [0.25, 0.3) is 0 Å². The predicted molar refractivity (Wildman–Crippen MR) is 77.5 cm³/mol. The van der Waals surface area contributed by atoms with E-state index in [1.165, 1.54) is 18.5 Å². The van der Waals surface area contributed by atoms with Crippen LogP contribution < -0.4 is 5.32 Å². The molecule has 0 bridgehead atoms. The first-order chi connectivity index (χ1) is 9.26. The van der Waals surface area contributed by atoms with Gasteiger partial charge in [0.25, 0.3) is 0 Å². The molecule has 106 valence electrons. The quantitative estimate of drug-likeness (QED) is 0.894. The van der Waals surface area contributed by atoms with Crippen molar-refractivity contribution in [3.63, 3.8) is 0 Å². The third kappa shape index (κ3) is 3.34. The summed E-state index contributed by atoms with van der Waals surface area (Å²) in [4.78, 5) is 7.11. The smallest absolute Gasteiger partial charge is 0.0897 e. The Morgan fingerprint density at radius 2 is 2.53 bits per heavy atom. The van der Waals surface area contributed by atoms with Gasteiger partial charge in [-0.3, -0.25) is 4.90 Å². The summed E-state index contributed by atoms with van der Waals surface area (Å²) in [5.41, 5.74) is 1.53. The molecular formula is C14H23N3OS. The molecule has 0 saturated carbocycles. The molecule has 2 aliphatic rings. The third-order valence-corrected chi connectivity index (χ3v) is 4.95. The van der Waals surface area contributed by atoms with Crippen molar-refractivity contribution in [2.45, 2.75) is 26.3 Å². The second-order valence-corrected chi connectivity index (χ2v) is 6.96. The van der Waals surface area contributed by atoms with Crippen LogP contribution in [0.4, 0.5) is 0 Å². The van der Waals surface area contributed by atoms with Gasteiger partial charge in [0.15, 0.2) is 0 Å². The van der Waals surface area contributed by atoms with E-state index in [0.717, 1.165) is 50.9 Å². The number of rotatable bonds is 2. The molecule has 4 nitrogen and oxygen atoms in total. The zero-order chi connectivity index (χ0) is 13.1. The third-order valence-electron chi connectivity index (χ3n) is 4.13. The molecular weight excluding hydrogens is 258 g/mol. The van der Waals surface area contributed by atoms with Gasteiger partial charge in [0.2, 0.25) is 0 Å². The molecule has 0 aliphatic carbocycles. The van der Waals surface area contributed by atoms with Gasteiger partial charge in [-0.05, 0) is 26.3 Å². The molecule has 1 aromatic heterocycles. The van der Waals surface area contributed by atoms with E-state index in [-0.39, 0.29) is 0 Å². The van der Waals surface area contributed by atoms with E-state index in [0.29, 0.717) is 5.41 Å². The fourth-order valence-electron chi connectivity index (χ4n) is 3.21. The number of nitrogens with one attached hydrogen (secondary N) is 1. The van der Waals surface area contributed by atoms with E-state index in [9.17, 15) is 0 Å². The molecule has 2 aliphatic heterocycles. The monoisotopic (exact) mass is 281 g/mol. The highest BCUT2D eigenvalue weighted by atomic mass is 32.1. The topological polar surface area (TPSA) is 37.4 Å². The first kappa shape index (κ1) is 13.5. The molecule has 0 radical (unpaired) electrons. The molecule has 0 aromatic carbocycles. The molecule has 0 amide bonds. The van der Waals surface area contributed by atoms with Gasteiger partial charge < -0.3 is 10.1 Å². The van der Waals surface area contributed by atoms with E-state index in [1.807, 2.05) is 0 Å². The van der Waals surface area contributed by atoms with E-state index < -0.39 is 0 Å². The van der Waals surface area contributed by atoms with Gasteiger partial charge in [-0.2, -0.15) is 0 Å². The zero-order valence-corrected chi connectivity index (χ0v) is 12.5. The van der Waals surface area contributed by atoms with Crippen molar-refractivity contribution in [2.75, 3.05) is 39.4 Å². The van der Waals surface area contributed by atoms with E-state index in [1.54, 1.807) is 11.3 Å². The average Bonchev–Trinajstić information content (AvgIpc) is 2.71. The Balaban J connectivity index is 1.67. The normalized spacial score (nSPS) is 29.5. The maximum absolute atomic E-state index is 5.86. The summed E-state index contributed by atoms with van der Waals surface area (Å²) >= 11 is 1.74. The van der Waals surface area contributed by atoms with Crippen molar-refractivity contribution in [1.29, 1.82) is 0 Å². The number of ether oxygens (including phenoxy) is 1. The number of piperidine rings is 1. The van der Waals surface area contributed by atoms with Gasteiger partial charge in [-0.25, -0.2) is 4.98 Å². The summed E-state index contributed by atoms with van der Waals surface area (Å²) in [6, 6.07) is 0. The van der Waals surface area contributed by atoms with Gasteiger partial charge in [-0.1, -0.05) is 0 Å². The Labute approximate surface area is 119 Å². The molecule has 2 saturated heterocycles. The Morgan fingerprint density at radius 1 is 1.58 bits per heavy atom. The molecule has 2 fully saturated rings. The maximum atomic E-state index is 5.86. The van der Waals surface area contributed by atoms with E-state index >= 15 is 0 Å². The van der Waals surface area contributed by atoms with Crippen LogP contribution in [0.2, 0.25) is 0 Å². The lowest BCUT2D eigenvalue weighted by atomic mass is 9.81. The Bertz CT molecular complexity index is 415. The Hall–Kier alpha value is -0.490. The number of aryl methyl sites for hydroxylation is 1. The fourth-order valence-corrected chi connectivity index (χ4v) is 3.82. The van der Waals surface area contributed by atoms with Gasteiger partial charge in [-0.15, -0.1) is 11.3 Å². The largest absolute Gasteiger partial charge is 0.379 e. The van der Waals surface area contributed by atoms with Crippen LogP contribution in [0.15, 0.2) is 5.38 Å². The van der Waals surface area contributed by atoms with Crippen molar-refractivity contribution in [2.24, 2.45) is 5.41 Å². The Morgan fingerprint density at radius 3 is 3.26 bits per heavy atom. The molecule has 3 rings (SSSR count). The van der Waals surface area contributed by atoms with Crippen LogP contribution in [0.3, 0.4) is 0 Å². The van der Waals surface area contributed by atoms with E-state index in [4.69, 9.17) is 4.74 Å². The minimum absolute atomic E-state index is 0.319. The minimum Gasteiger partial charge on any atom is -0.379 e. The van der Waals surface area contributed by atoms with Crippen molar-refractivity contribution >= 4 is 11.3 Å². The lowest BCUT2D eigenvalue weighted by molar-refractivity contribution is 0.0487. The molecule has 1 aromatic rings. The predicted octanol–water partition coefficient (Wildman–Crippen LogP) is 1.65. The lowest BCUT2D eigenvalue weighted by Crippen LogP contribution is -2.48. The number of hydrogen-bond donors (Lipinski definition) is 1. The molecule has 1 unspecified atom stereocenters. The first-order valence-corrected chi connectivity index (χ1v) is 8.06. The SMILES string of the molecule is Cc1nc(CN2CCOCC3(CCCNC3)C2)cs1. The minimum atomic E-state index is 0.319. The molecule has 3 heterocycles. The summed E-state index contributed by atoms with van der Waals surface area (Å²) in [6.45, 7) is 9.22. The van der Waals surface area contributed by atoms with Crippen molar-refractivity contribution in [1.82, 2.24) is 15.2 Å². The van der Waals surface area contributed by atoms with Crippen LogP contribution in [0.1, 0.15) is 23.5 Å². The Kier molecular flexibility index (Phi) is 4.17. The van der Waals surface area contributed by atoms with Crippen LogP contribution in [0.5, 0.6) is 0 Å². The van der Waals surface area contributed by atoms with Crippen LogP contribution in [-0.4, -0.2) is 49.3 Å². The second-order valence-electron chi connectivity index (χ2n) is 5.90. The first-order valence-electron chi connectivity index (χ1n) is 7.18.